The maximum Gasteiger partial charge on any atom is 0.201 e. The van der Waals surface area contributed by atoms with E-state index < -0.39 is 0 Å². The largest absolute Gasteiger partial charge is 0.486 e. The van der Waals surface area contributed by atoms with Crippen molar-refractivity contribution in [3.05, 3.63) is 46.4 Å². The van der Waals surface area contributed by atoms with Crippen LogP contribution in [0.1, 0.15) is 5.56 Å². The van der Waals surface area contributed by atoms with Gasteiger partial charge in [-0.25, -0.2) is 4.98 Å². The number of ether oxygens (including phenoxy) is 2. The Balaban J connectivity index is 1.57. The molecule has 2 N–H and O–H groups in total. The van der Waals surface area contributed by atoms with Crippen molar-refractivity contribution in [2.75, 3.05) is 18.5 Å². The van der Waals surface area contributed by atoms with Crippen LogP contribution >= 0.6 is 15.9 Å². The average molecular weight is 360 g/mol. The predicted molar refractivity (Wildman–Crippen MR) is 88.6 cm³/mol. The number of halogens is 1. The molecule has 4 rings (SSSR count). The third-order valence-corrected chi connectivity index (χ3v) is 3.99. The van der Waals surface area contributed by atoms with Crippen LogP contribution in [0.25, 0.3) is 11.0 Å². The van der Waals surface area contributed by atoms with Crippen molar-refractivity contribution in [3.63, 3.8) is 0 Å². The van der Waals surface area contributed by atoms with Crippen LogP contribution in [0.5, 0.6) is 11.5 Å². The number of aromatic amines is 1. The minimum atomic E-state index is 0.580. The van der Waals surface area contributed by atoms with Gasteiger partial charge < -0.3 is 19.8 Å². The summed E-state index contributed by atoms with van der Waals surface area (Å²) >= 11 is 3.48. The van der Waals surface area contributed by atoms with Gasteiger partial charge in [0.15, 0.2) is 11.5 Å². The SMILES string of the molecule is Brc1cccc(CNc2nc3cc4c(cc3[nH]2)OCCO4)c1. The van der Waals surface area contributed by atoms with E-state index in [1.807, 2.05) is 24.3 Å². The molecule has 1 aliphatic rings. The Morgan fingerprint density at radius 2 is 1.95 bits per heavy atom. The standard InChI is InChI=1S/C16H14BrN3O2/c17-11-3-1-2-10(6-11)9-18-16-19-12-7-14-15(8-13(12)20-16)22-5-4-21-14/h1-3,6-8H,4-5,9H2,(H2,18,19,20). The number of nitrogens with zero attached hydrogens (tertiary/aromatic N) is 1. The molecule has 0 amide bonds. The number of hydrogen-bond donors (Lipinski definition) is 2. The third kappa shape index (κ3) is 2.62. The molecule has 0 saturated heterocycles. The van der Waals surface area contributed by atoms with Gasteiger partial charge in [-0.05, 0) is 17.7 Å². The van der Waals surface area contributed by atoms with E-state index in [1.165, 1.54) is 5.56 Å². The quantitative estimate of drug-likeness (QED) is 0.748. The number of aromatic nitrogens is 2. The summed E-state index contributed by atoms with van der Waals surface area (Å²) in [6.45, 7) is 1.86. The summed E-state index contributed by atoms with van der Waals surface area (Å²) in [5.74, 6) is 2.25. The molecule has 2 heterocycles. The lowest BCUT2D eigenvalue weighted by Crippen LogP contribution is -2.15. The molecule has 112 valence electrons. The molecule has 0 radical (unpaired) electrons. The summed E-state index contributed by atoms with van der Waals surface area (Å²) in [5.41, 5.74) is 2.97. The summed E-state index contributed by atoms with van der Waals surface area (Å²) in [7, 11) is 0. The first-order valence-electron chi connectivity index (χ1n) is 7.05. The normalized spacial score (nSPS) is 13.3. The molecular weight excluding hydrogens is 346 g/mol. The second-order valence-electron chi connectivity index (χ2n) is 5.08. The summed E-state index contributed by atoms with van der Waals surface area (Å²) < 4.78 is 12.2. The van der Waals surface area contributed by atoms with Gasteiger partial charge in [-0.15, -0.1) is 0 Å². The fraction of sp³-hybridized carbons (Fsp3) is 0.188. The highest BCUT2D eigenvalue weighted by Crippen LogP contribution is 2.34. The monoisotopic (exact) mass is 359 g/mol. The van der Waals surface area contributed by atoms with E-state index in [0.717, 1.165) is 33.0 Å². The first kappa shape index (κ1) is 13.5. The van der Waals surface area contributed by atoms with E-state index in [-0.39, 0.29) is 0 Å². The highest BCUT2D eigenvalue weighted by molar-refractivity contribution is 9.10. The molecule has 0 bridgehead atoms. The van der Waals surface area contributed by atoms with E-state index in [2.05, 4.69) is 43.3 Å². The molecule has 1 aromatic heterocycles. The highest BCUT2D eigenvalue weighted by atomic mass is 79.9. The van der Waals surface area contributed by atoms with Crippen LogP contribution in [0.4, 0.5) is 5.95 Å². The molecule has 0 atom stereocenters. The van der Waals surface area contributed by atoms with Crippen LogP contribution in [0.2, 0.25) is 0 Å². The molecule has 0 saturated carbocycles. The number of hydrogen-bond acceptors (Lipinski definition) is 4. The van der Waals surface area contributed by atoms with Crippen LogP contribution in [0, 0.1) is 0 Å². The number of fused-ring (bicyclic) bond motifs is 2. The fourth-order valence-corrected chi connectivity index (χ4v) is 2.91. The number of rotatable bonds is 3. The van der Waals surface area contributed by atoms with Crippen LogP contribution < -0.4 is 14.8 Å². The lowest BCUT2D eigenvalue weighted by atomic mass is 10.2. The molecule has 0 aliphatic carbocycles. The van der Waals surface area contributed by atoms with E-state index >= 15 is 0 Å². The van der Waals surface area contributed by atoms with E-state index in [0.29, 0.717) is 19.8 Å². The van der Waals surface area contributed by atoms with Gasteiger partial charge in [-0.3, -0.25) is 0 Å². The van der Waals surface area contributed by atoms with E-state index in [4.69, 9.17) is 9.47 Å². The van der Waals surface area contributed by atoms with Crippen LogP contribution in [-0.4, -0.2) is 23.2 Å². The lowest BCUT2D eigenvalue weighted by molar-refractivity contribution is 0.172. The van der Waals surface area contributed by atoms with Crippen LogP contribution in [0.15, 0.2) is 40.9 Å². The number of nitrogens with one attached hydrogen (secondary N) is 2. The molecule has 3 aromatic rings. The predicted octanol–water partition coefficient (Wildman–Crippen LogP) is 3.71. The molecule has 0 fully saturated rings. The molecule has 2 aromatic carbocycles. The molecule has 5 nitrogen and oxygen atoms in total. The topological polar surface area (TPSA) is 59.2 Å². The van der Waals surface area contributed by atoms with Gasteiger partial charge in [0.2, 0.25) is 5.95 Å². The molecule has 0 spiro atoms. The zero-order valence-electron chi connectivity index (χ0n) is 11.7. The van der Waals surface area contributed by atoms with Crippen molar-refractivity contribution in [2.24, 2.45) is 0 Å². The van der Waals surface area contributed by atoms with Crippen molar-refractivity contribution in [1.29, 1.82) is 0 Å². The summed E-state index contributed by atoms with van der Waals surface area (Å²) in [6.07, 6.45) is 0. The molecule has 6 heteroatoms. The van der Waals surface area contributed by atoms with Gasteiger partial charge >= 0.3 is 0 Å². The van der Waals surface area contributed by atoms with Gasteiger partial charge in [0.1, 0.15) is 13.2 Å². The fourth-order valence-electron chi connectivity index (χ4n) is 2.46. The maximum atomic E-state index is 5.58. The van der Waals surface area contributed by atoms with Gasteiger partial charge in [-0.2, -0.15) is 0 Å². The number of benzene rings is 2. The van der Waals surface area contributed by atoms with E-state index in [9.17, 15) is 0 Å². The smallest absolute Gasteiger partial charge is 0.201 e. The third-order valence-electron chi connectivity index (χ3n) is 3.49. The number of H-pyrrole nitrogens is 1. The van der Waals surface area contributed by atoms with Crippen molar-refractivity contribution in [2.45, 2.75) is 6.54 Å². The molecule has 0 unspecified atom stereocenters. The summed E-state index contributed by atoms with van der Waals surface area (Å²) in [6, 6.07) is 12.0. The zero-order valence-corrected chi connectivity index (χ0v) is 13.3. The van der Waals surface area contributed by atoms with E-state index in [1.54, 1.807) is 0 Å². The Kier molecular flexibility index (Phi) is 3.38. The van der Waals surface area contributed by atoms with Gasteiger partial charge in [0.25, 0.3) is 0 Å². The van der Waals surface area contributed by atoms with Crippen molar-refractivity contribution >= 4 is 32.9 Å². The number of anilines is 1. The Hall–Kier alpha value is -2.21. The first-order valence-corrected chi connectivity index (χ1v) is 7.85. The Morgan fingerprint density at radius 1 is 1.14 bits per heavy atom. The minimum absolute atomic E-state index is 0.580. The van der Waals surface area contributed by atoms with Gasteiger partial charge in [0.05, 0.1) is 11.0 Å². The summed E-state index contributed by atoms with van der Waals surface area (Å²) in [4.78, 5) is 7.81. The molecule has 1 aliphatic heterocycles. The minimum Gasteiger partial charge on any atom is -0.486 e. The van der Waals surface area contributed by atoms with Gasteiger partial charge in [-0.1, -0.05) is 28.1 Å². The second-order valence-corrected chi connectivity index (χ2v) is 6.00. The Labute approximate surface area is 135 Å². The maximum absolute atomic E-state index is 5.58. The van der Waals surface area contributed by atoms with Crippen LogP contribution in [0.3, 0.4) is 0 Å². The molecular formula is C16H14BrN3O2. The zero-order chi connectivity index (χ0) is 14.9. The second kappa shape index (κ2) is 5.53. The summed E-state index contributed by atoms with van der Waals surface area (Å²) in [5, 5.41) is 3.30. The average Bonchev–Trinajstić information content (AvgIpc) is 2.92. The highest BCUT2D eigenvalue weighted by Gasteiger charge is 2.14. The Bertz CT molecular complexity index is 788. The van der Waals surface area contributed by atoms with Gasteiger partial charge in [0, 0.05) is 23.2 Å². The molecule has 22 heavy (non-hydrogen) atoms. The lowest BCUT2D eigenvalue weighted by Gasteiger charge is -2.17. The van der Waals surface area contributed by atoms with Crippen molar-refractivity contribution < 1.29 is 9.47 Å². The van der Waals surface area contributed by atoms with Crippen molar-refractivity contribution in [1.82, 2.24) is 9.97 Å². The van der Waals surface area contributed by atoms with Crippen LogP contribution in [-0.2, 0) is 6.54 Å². The number of imidazole rings is 1. The van der Waals surface area contributed by atoms with Crippen molar-refractivity contribution in [3.8, 4) is 11.5 Å². The first-order chi connectivity index (χ1) is 10.8. The Morgan fingerprint density at radius 3 is 2.77 bits per heavy atom.